The number of hydrogen-bond acceptors (Lipinski definition) is 4. The molecule has 0 spiro atoms. The van der Waals surface area contributed by atoms with Crippen LogP contribution in [0.3, 0.4) is 0 Å². The Bertz CT molecular complexity index is 598. The number of ether oxygens (including phenoxy) is 1. The summed E-state index contributed by atoms with van der Waals surface area (Å²) < 4.78 is 5.13. The molecule has 112 valence electrons. The van der Waals surface area contributed by atoms with Gasteiger partial charge < -0.3 is 20.3 Å². The van der Waals surface area contributed by atoms with Gasteiger partial charge in [-0.05, 0) is 36.2 Å². The zero-order valence-electron chi connectivity index (χ0n) is 12.3. The van der Waals surface area contributed by atoms with Gasteiger partial charge in [-0.1, -0.05) is 24.3 Å². The molecule has 0 amide bonds. The molecule has 3 N–H and O–H groups in total. The van der Waals surface area contributed by atoms with Crippen LogP contribution >= 0.6 is 0 Å². The zero-order valence-corrected chi connectivity index (χ0v) is 12.3. The van der Waals surface area contributed by atoms with E-state index in [9.17, 15) is 10.2 Å². The number of benzene rings is 2. The van der Waals surface area contributed by atoms with Crippen LogP contribution < -0.4 is 10.1 Å². The van der Waals surface area contributed by atoms with Gasteiger partial charge in [0, 0.05) is 18.7 Å². The van der Waals surface area contributed by atoms with Crippen molar-refractivity contribution in [2.75, 3.05) is 13.7 Å². The Morgan fingerprint density at radius 2 is 1.95 bits per heavy atom. The van der Waals surface area contributed by atoms with Crippen LogP contribution in [0, 0.1) is 6.92 Å². The highest BCUT2D eigenvalue weighted by molar-refractivity contribution is 5.39. The minimum absolute atomic E-state index is 0.216. The Hall–Kier alpha value is -2.04. The molecule has 2 aromatic rings. The van der Waals surface area contributed by atoms with Gasteiger partial charge in [0.25, 0.3) is 0 Å². The predicted octanol–water partition coefficient (Wildman–Crippen LogP) is 2.53. The molecule has 0 radical (unpaired) electrons. The largest absolute Gasteiger partial charge is 0.508 e. The van der Waals surface area contributed by atoms with Gasteiger partial charge >= 0.3 is 0 Å². The lowest BCUT2D eigenvalue weighted by molar-refractivity contribution is 0.173. The third kappa shape index (κ3) is 3.97. The number of aliphatic hydroxyl groups excluding tert-OH is 1. The molecular formula is C17H21NO3. The van der Waals surface area contributed by atoms with Crippen LogP contribution in [-0.2, 0) is 6.54 Å². The van der Waals surface area contributed by atoms with E-state index in [0.717, 1.165) is 16.7 Å². The average molecular weight is 287 g/mol. The number of phenolic OH excluding ortho intramolecular Hbond substituents is 1. The van der Waals surface area contributed by atoms with Gasteiger partial charge in [-0.25, -0.2) is 0 Å². The van der Waals surface area contributed by atoms with Crippen molar-refractivity contribution in [3.8, 4) is 11.5 Å². The number of aromatic hydroxyl groups is 1. The van der Waals surface area contributed by atoms with Crippen molar-refractivity contribution in [2.24, 2.45) is 0 Å². The molecule has 2 aromatic carbocycles. The van der Waals surface area contributed by atoms with Crippen molar-refractivity contribution < 1.29 is 14.9 Å². The molecule has 0 heterocycles. The fourth-order valence-electron chi connectivity index (χ4n) is 2.24. The van der Waals surface area contributed by atoms with Crippen molar-refractivity contribution in [1.29, 1.82) is 0 Å². The molecule has 0 aliphatic rings. The number of aryl methyl sites for hydroxylation is 1. The van der Waals surface area contributed by atoms with E-state index in [-0.39, 0.29) is 5.75 Å². The minimum atomic E-state index is -0.570. The van der Waals surface area contributed by atoms with E-state index in [1.54, 1.807) is 25.3 Å². The standard InChI is InChI=1S/C17H21NO3/c1-12-5-3-4-6-15(12)17(20)11-18-10-13-9-14(21-2)7-8-16(13)19/h3-9,17-20H,10-11H2,1-2H3. The fourth-order valence-corrected chi connectivity index (χ4v) is 2.24. The smallest absolute Gasteiger partial charge is 0.120 e. The Kier molecular flexibility index (Phi) is 5.20. The van der Waals surface area contributed by atoms with E-state index in [0.29, 0.717) is 18.8 Å². The summed E-state index contributed by atoms with van der Waals surface area (Å²) in [5.74, 6) is 0.915. The maximum Gasteiger partial charge on any atom is 0.120 e. The summed E-state index contributed by atoms with van der Waals surface area (Å²) in [6, 6.07) is 12.9. The van der Waals surface area contributed by atoms with Gasteiger partial charge in [0.15, 0.2) is 0 Å². The van der Waals surface area contributed by atoms with Gasteiger partial charge in [-0.2, -0.15) is 0 Å². The van der Waals surface area contributed by atoms with Crippen molar-refractivity contribution in [3.63, 3.8) is 0 Å². The molecule has 2 rings (SSSR count). The van der Waals surface area contributed by atoms with Crippen LogP contribution in [0.15, 0.2) is 42.5 Å². The van der Waals surface area contributed by atoms with E-state index < -0.39 is 6.10 Å². The summed E-state index contributed by atoms with van der Waals surface area (Å²) in [5, 5.41) is 23.2. The van der Waals surface area contributed by atoms with Gasteiger partial charge in [-0.3, -0.25) is 0 Å². The van der Waals surface area contributed by atoms with Gasteiger partial charge in [0.2, 0.25) is 0 Å². The highest BCUT2D eigenvalue weighted by Gasteiger charge is 2.10. The lowest BCUT2D eigenvalue weighted by Crippen LogP contribution is -2.21. The molecule has 0 saturated carbocycles. The number of rotatable bonds is 6. The molecule has 4 heteroatoms. The first-order valence-corrected chi connectivity index (χ1v) is 6.92. The second-order valence-corrected chi connectivity index (χ2v) is 5.00. The highest BCUT2D eigenvalue weighted by atomic mass is 16.5. The summed E-state index contributed by atoms with van der Waals surface area (Å²) in [7, 11) is 1.59. The summed E-state index contributed by atoms with van der Waals surface area (Å²) >= 11 is 0. The van der Waals surface area contributed by atoms with E-state index in [1.165, 1.54) is 0 Å². The second-order valence-electron chi connectivity index (χ2n) is 5.00. The minimum Gasteiger partial charge on any atom is -0.508 e. The topological polar surface area (TPSA) is 61.7 Å². The van der Waals surface area contributed by atoms with Gasteiger partial charge in [0.05, 0.1) is 13.2 Å². The quantitative estimate of drug-likeness (QED) is 0.764. The molecule has 1 atom stereocenters. The summed E-state index contributed by atoms with van der Waals surface area (Å²) in [6.07, 6.45) is -0.570. The summed E-state index contributed by atoms with van der Waals surface area (Å²) in [6.45, 7) is 2.86. The van der Waals surface area contributed by atoms with Crippen molar-refractivity contribution in [2.45, 2.75) is 19.6 Å². The van der Waals surface area contributed by atoms with Crippen LogP contribution in [0.4, 0.5) is 0 Å². The molecule has 0 aliphatic carbocycles. The third-order valence-corrected chi connectivity index (χ3v) is 3.49. The van der Waals surface area contributed by atoms with Crippen LogP contribution in [0.1, 0.15) is 22.8 Å². The lowest BCUT2D eigenvalue weighted by Gasteiger charge is -2.15. The number of hydrogen-bond donors (Lipinski definition) is 3. The van der Waals surface area contributed by atoms with E-state index >= 15 is 0 Å². The molecule has 4 nitrogen and oxygen atoms in total. The average Bonchev–Trinajstić information content (AvgIpc) is 2.49. The third-order valence-electron chi connectivity index (χ3n) is 3.49. The monoisotopic (exact) mass is 287 g/mol. The first-order valence-electron chi connectivity index (χ1n) is 6.92. The molecule has 1 unspecified atom stereocenters. The molecule has 0 fully saturated rings. The molecule has 0 bridgehead atoms. The molecule has 0 aromatic heterocycles. The number of phenols is 1. The summed E-state index contributed by atoms with van der Waals surface area (Å²) in [5.41, 5.74) is 2.72. The Labute approximate surface area is 125 Å². The zero-order chi connectivity index (χ0) is 15.2. The molecule has 0 aliphatic heterocycles. The maximum absolute atomic E-state index is 10.2. The van der Waals surface area contributed by atoms with Crippen LogP contribution in [-0.4, -0.2) is 23.9 Å². The predicted molar refractivity (Wildman–Crippen MR) is 82.5 cm³/mol. The molecule has 0 saturated heterocycles. The Morgan fingerprint density at radius 1 is 1.19 bits per heavy atom. The second kappa shape index (κ2) is 7.11. The summed E-state index contributed by atoms with van der Waals surface area (Å²) in [4.78, 5) is 0. The number of nitrogens with one attached hydrogen (secondary N) is 1. The first kappa shape index (κ1) is 15.4. The van der Waals surface area contributed by atoms with Crippen molar-refractivity contribution >= 4 is 0 Å². The Balaban J connectivity index is 1.94. The fraction of sp³-hybridized carbons (Fsp3) is 0.294. The lowest BCUT2D eigenvalue weighted by atomic mass is 10.0. The van der Waals surface area contributed by atoms with Gasteiger partial charge in [-0.15, -0.1) is 0 Å². The van der Waals surface area contributed by atoms with E-state index in [2.05, 4.69) is 5.32 Å². The Morgan fingerprint density at radius 3 is 2.67 bits per heavy atom. The van der Waals surface area contributed by atoms with Gasteiger partial charge in [0.1, 0.15) is 11.5 Å². The molecular weight excluding hydrogens is 266 g/mol. The van der Waals surface area contributed by atoms with E-state index in [1.807, 2.05) is 31.2 Å². The normalized spacial score (nSPS) is 12.1. The van der Waals surface area contributed by atoms with Crippen molar-refractivity contribution in [3.05, 3.63) is 59.2 Å². The highest BCUT2D eigenvalue weighted by Crippen LogP contribution is 2.23. The van der Waals surface area contributed by atoms with E-state index in [4.69, 9.17) is 4.74 Å². The number of methoxy groups -OCH3 is 1. The molecule has 21 heavy (non-hydrogen) atoms. The SMILES string of the molecule is COc1ccc(O)c(CNCC(O)c2ccccc2C)c1. The van der Waals surface area contributed by atoms with Crippen LogP contribution in [0.25, 0.3) is 0 Å². The van der Waals surface area contributed by atoms with Crippen molar-refractivity contribution in [1.82, 2.24) is 5.32 Å². The maximum atomic E-state index is 10.2. The van der Waals surface area contributed by atoms with Crippen LogP contribution in [0.2, 0.25) is 0 Å². The first-order chi connectivity index (χ1) is 10.1. The van der Waals surface area contributed by atoms with Crippen LogP contribution in [0.5, 0.6) is 11.5 Å². The number of aliphatic hydroxyl groups is 1.